The number of hydrogen-bond acceptors (Lipinski definition) is 8. The SMILES string of the molecule is COC(=O)c1ccc(O)cc1NC(=O)c1ccccc1.COC(=O)c1ccc(OCCCc2ccccc2)cc1NC(=O)c1ccccc1. The molecule has 0 aliphatic heterocycles. The molecule has 0 spiro atoms. The highest BCUT2D eigenvalue weighted by atomic mass is 16.5. The van der Waals surface area contributed by atoms with Gasteiger partial charge in [0, 0.05) is 23.3 Å². The first kappa shape index (κ1) is 35.4. The monoisotopic (exact) mass is 660 g/mol. The molecule has 5 aromatic rings. The van der Waals surface area contributed by atoms with Gasteiger partial charge in [0.2, 0.25) is 0 Å². The van der Waals surface area contributed by atoms with E-state index in [2.05, 4.69) is 27.5 Å². The fourth-order valence-electron chi connectivity index (χ4n) is 4.61. The zero-order valence-corrected chi connectivity index (χ0v) is 27.1. The van der Waals surface area contributed by atoms with Gasteiger partial charge in [-0.3, -0.25) is 9.59 Å². The Morgan fingerprint density at radius 3 is 1.57 bits per heavy atom. The van der Waals surface area contributed by atoms with E-state index in [1.807, 2.05) is 24.3 Å². The average molecular weight is 661 g/mol. The summed E-state index contributed by atoms with van der Waals surface area (Å²) in [5.74, 6) is -1.27. The summed E-state index contributed by atoms with van der Waals surface area (Å²) in [7, 11) is 2.55. The van der Waals surface area contributed by atoms with Gasteiger partial charge in [0.1, 0.15) is 11.5 Å². The normalized spacial score (nSPS) is 10.1. The van der Waals surface area contributed by atoms with Gasteiger partial charge in [0.15, 0.2) is 0 Å². The van der Waals surface area contributed by atoms with Crippen LogP contribution in [-0.4, -0.2) is 49.7 Å². The molecule has 3 N–H and O–H groups in total. The Labute approximate surface area is 284 Å². The van der Waals surface area contributed by atoms with Crippen LogP contribution >= 0.6 is 0 Å². The lowest BCUT2D eigenvalue weighted by molar-refractivity contribution is 0.0592. The van der Waals surface area contributed by atoms with E-state index in [9.17, 15) is 24.3 Å². The standard InChI is InChI=1S/C24H23NO4.C15H13NO4/c1-28-24(27)21-15-14-20(29-16-8-11-18-9-4-2-5-10-18)17-22(21)25-23(26)19-12-6-3-7-13-19;1-20-15(19)12-8-7-11(17)9-13(12)16-14(18)10-5-3-2-4-6-10/h2-7,9-10,12-15,17H,8,11,16H2,1H3,(H,25,26);2-9,17H,1H3,(H,16,18). The number of methoxy groups -OCH3 is 2. The van der Waals surface area contributed by atoms with Gasteiger partial charge in [-0.25, -0.2) is 9.59 Å². The summed E-state index contributed by atoms with van der Waals surface area (Å²) in [5.41, 5.74) is 3.21. The summed E-state index contributed by atoms with van der Waals surface area (Å²) in [5, 5.41) is 14.8. The lowest BCUT2D eigenvalue weighted by Crippen LogP contribution is -2.15. The molecule has 0 fully saturated rings. The number of rotatable bonds is 11. The molecule has 0 radical (unpaired) electrons. The van der Waals surface area contributed by atoms with Crippen LogP contribution in [0.5, 0.6) is 11.5 Å². The third-order valence-corrected chi connectivity index (χ3v) is 7.09. The molecule has 0 bridgehead atoms. The quantitative estimate of drug-likeness (QED) is 0.100. The van der Waals surface area contributed by atoms with Crippen molar-refractivity contribution < 1.29 is 38.5 Å². The number of aromatic hydroxyl groups is 1. The van der Waals surface area contributed by atoms with Crippen LogP contribution in [0.4, 0.5) is 11.4 Å². The maximum atomic E-state index is 12.5. The molecule has 10 nitrogen and oxygen atoms in total. The van der Waals surface area contributed by atoms with Crippen LogP contribution in [-0.2, 0) is 15.9 Å². The number of nitrogens with one attached hydrogen (secondary N) is 2. The Balaban J connectivity index is 0.000000237. The number of hydrogen-bond donors (Lipinski definition) is 3. The van der Waals surface area contributed by atoms with Crippen LogP contribution in [0.1, 0.15) is 53.4 Å². The summed E-state index contributed by atoms with van der Waals surface area (Å²) in [6.07, 6.45) is 1.77. The van der Waals surface area contributed by atoms with Crippen molar-refractivity contribution in [1.29, 1.82) is 0 Å². The van der Waals surface area contributed by atoms with Crippen molar-refractivity contribution in [2.75, 3.05) is 31.5 Å². The van der Waals surface area contributed by atoms with Crippen molar-refractivity contribution in [3.63, 3.8) is 0 Å². The topological polar surface area (TPSA) is 140 Å². The molecular weight excluding hydrogens is 624 g/mol. The molecule has 0 aliphatic carbocycles. The van der Waals surface area contributed by atoms with E-state index in [1.165, 1.54) is 38.0 Å². The Morgan fingerprint density at radius 2 is 1.06 bits per heavy atom. The summed E-state index contributed by atoms with van der Waals surface area (Å²) in [6.45, 7) is 0.526. The smallest absolute Gasteiger partial charge is 0.339 e. The molecule has 0 unspecified atom stereocenters. The molecular formula is C39H36N2O8. The predicted octanol–water partition coefficient (Wildman–Crippen LogP) is 7.17. The Hall–Kier alpha value is -6.42. The van der Waals surface area contributed by atoms with Crippen molar-refractivity contribution in [2.24, 2.45) is 0 Å². The number of esters is 2. The summed E-state index contributed by atoms with van der Waals surface area (Å²) in [6, 6.07) is 36.6. The van der Waals surface area contributed by atoms with Crippen molar-refractivity contribution >= 4 is 35.1 Å². The van der Waals surface area contributed by atoms with Crippen molar-refractivity contribution in [1.82, 2.24) is 0 Å². The second kappa shape index (κ2) is 18.1. The Kier molecular flexibility index (Phi) is 13.1. The Morgan fingerprint density at radius 1 is 0.592 bits per heavy atom. The number of phenols is 1. The number of anilines is 2. The van der Waals surface area contributed by atoms with Gasteiger partial charge in [-0.2, -0.15) is 0 Å². The highest BCUT2D eigenvalue weighted by molar-refractivity contribution is 6.09. The number of aryl methyl sites for hydroxylation is 1. The summed E-state index contributed by atoms with van der Waals surface area (Å²) < 4.78 is 15.3. The lowest BCUT2D eigenvalue weighted by atomic mass is 10.1. The second-order valence-electron chi connectivity index (χ2n) is 10.5. The van der Waals surface area contributed by atoms with Crippen LogP contribution in [0.15, 0.2) is 127 Å². The minimum atomic E-state index is -0.589. The van der Waals surface area contributed by atoms with Gasteiger partial charge in [-0.15, -0.1) is 0 Å². The fraction of sp³-hybridized carbons (Fsp3) is 0.128. The third-order valence-electron chi connectivity index (χ3n) is 7.09. The molecule has 0 heterocycles. The predicted molar refractivity (Wildman–Crippen MR) is 186 cm³/mol. The number of amides is 2. The van der Waals surface area contributed by atoms with E-state index in [4.69, 9.17) is 9.47 Å². The van der Waals surface area contributed by atoms with Gasteiger partial charge < -0.3 is 30.0 Å². The van der Waals surface area contributed by atoms with Crippen LogP contribution in [0, 0.1) is 0 Å². The van der Waals surface area contributed by atoms with Crippen LogP contribution in [0.25, 0.3) is 0 Å². The minimum Gasteiger partial charge on any atom is -0.508 e. The Bertz CT molecular complexity index is 1860. The van der Waals surface area contributed by atoms with Crippen molar-refractivity contribution in [2.45, 2.75) is 12.8 Å². The third kappa shape index (κ3) is 10.5. The number of phenolic OH excluding ortho intramolecular Hbond substituents is 1. The van der Waals surface area contributed by atoms with Gasteiger partial charge >= 0.3 is 11.9 Å². The van der Waals surface area contributed by atoms with Crippen molar-refractivity contribution in [3.05, 3.63) is 155 Å². The number of ether oxygens (including phenoxy) is 3. The van der Waals surface area contributed by atoms with E-state index in [1.54, 1.807) is 72.8 Å². The van der Waals surface area contributed by atoms with Crippen LogP contribution in [0.3, 0.4) is 0 Å². The first-order chi connectivity index (χ1) is 23.8. The molecule has 0 aliphatic rings. The molecule has 49 heavy (non-hydrogen) atoms. The molecule has 0 atom stereocenters. The molecule has 5 rings (SSSR count). The average Bonchev–Trinajstić information content (AvgIpc) is 3.14. The van der Waals surface area contributed by atoms with Gasteiger partial charge in [-0.05, 0) is 66.9 Å². The van der Waals surface area contributed by atoms with E-state index in [0.717, 1.165) is 12.8 Å². The second-order valence-corrected chi connectivity index (χ2v) is 10.5. The molecule has 2 amide bonds. The van der Waals surface area contributed by atoms with Crippen LogP contribution < -0.4 is 15.4 Å². The zero-order chi connectivity index (χ0) is 35.0. The largest absolute Gasteiger partial charge is 0.508 e. The van der Waals surface area contributed by atoms with Crippen LogP contribution in [0.2, 0.25) is 0 Å². The highest BCUT2D eigenvalue weighted by Gasteiger charge is 2.17. The molecule has 10 heteroatoms. The van der Waals surface area contributed by atoms with Gasteiger partial charge in [0.05, 0.1) is 43.3 Å². The fourth-order valence-corrected chi connectivity index (χ4v) is 4.61. The molecule has 0 saturated heterocycles. The first-order valence-corrected chi connectivity index (χ1v) is 15.3. The van der Waals surface area contributed by atoms with Crippen molar-refractivity contribution in [3.8, 4) is 11.5 Å². The van der Waals surface area contributed by atoms with Gasteiger partial charge in [-0.1, -0.05) is 66.7 Å². The number of carbonyl (C=O) groups is 4. The van der Waals surface area contributed by atoms with Gasteiger partial charge in [0.25, 0.3) is 11.8 Å². The van der Waals surface area contributed by atoms with E-state index >= 15 is 0 Å². The summed E-state index contributed by atoms with van der Waals surface area (Å²) >= 11 is 0. The first-order valence-electron chi connectivity index (χ1n) is 15.3. The molecule has 5 aromatic carbocycles. The lowest BCUT2D eigenvalue weighted by Gasteiger charge is -2.13. The maximum Gasteiger partial charge on any atom is 0.339 e. The molecule has 250 valence electrons. The van der Waals surface area contributed by atoms with E-state index < -0.39 is 11.9 Å². The van der Waals surface area contributed by atoms with E-state index in [-0.39, 0.29) is 34.4 Å². The molecule has 0 aromatic heterocycles. The maximum absolute atomic E-state index is 12.5. The highest BCUT2D eigenvalue weighted by Crippen LogP contribution is 2.25. The number of benzene rings is 5. The molecule has 0 saturated carbocycles. The zero-order valence-electron chi connectivity index (χ0n) is 27.1. The summed E-state index contributed by atoms with van der Waals surface area (Å²) in [4.78, 5) is 48.2. The minimum absolute atomic E-state index is 0.0546. The number of carbonyl (C=O) groups excluding carboxylic acids is 4. The van der Waals surface area contributed by atoms with E-state index in [0.29, 0.717) is 29.2 Å².